The SMILES string of the molecule is C=NC(=NS(C)(=O)=O)N/C(=C\C)COc1ccc(C(C)(C)c2cc(Cl)c(OCCCl)c(Cl)c2)cc1. The van der Waals surface area contributed by atoms with Crippen molar-refractivity contribution in [2.45, 2.75) is 26.2 Å². The van der Waals surface area contributed by atoms with E-state index in [0.29, 0.717) is 39.7 Å². The Balaban J connectivity index is 2.15. The van der Waals surface area contributed by atoms with E-state index in [9.17, 15) is 8.42 Å². The van der Waals surface area contributed by atoms with Crippen LogP contribution >= 0.6 is 34.8 Å². The van der Waals surface area contributed by atoms with E-state index in [-0.39, 0.29) is 12.6 Å². The highest BCUT2D eigenvalue weighted by molar-refractivity contribution is 7.89. The van der Waals surface area contributed by atoms with Crippen LogP contribution in [-0.2, 0) is 15.4 Å². The Morgan fingerprint density at radius 1 is 1.11 bits per heavy atom. The topological polar surface area (TPSA) is 89.4 Å². The van der Waals surface area contributed by atoms with Crippen molar-refractivity contribution in [3.8, 4) is 11.5 Å². The average Bonchev–Trinajstić information content (AvgIpc) is 2.79. The molecule has 7 nitrogen and oxygen atoms in total. The van der Waals surface area contributed by atoms with Gasteiger partial charge in [-0.25, -0.2) is 13.4 Å². The second kappa shape index (κ2) is 12.6. The fourth-order valence-electron chi connectivity index (χ4n) is 3.08. The molecule has 2 aromatic rings. The summed E-state index contributed by atoms with van der Waals surface area (Å²) < 4.78 is 37.6. The van der Waals surface area contributed by atoms with E-state index in [4.69, 9.17) is 44.3 Å². The molecule has 2 aromatic carbocycles. The lowest BCUT2D eigenvalue weighted by atomic mass is 9.78. The summed E-state index contributed by atoms with van der Waals surface area (Å²) in [5, 5.41) is 3.64. The highest BCUT2D eigenvalue weighted by Crippen LogP contribution is 2.40. The maximum atomic E-state index is 11.4. The maximum absolute atomic E-state index is 11.4. The minimum Gasteiger partial charge on any atom is -0.489 e. The van der Waals surface area contributed by atoms with Crippen LogP contribution < -0.4 is 14.8 Å². The van der Waals surface area contributed by atoms with Crippen molar-refractivity contribution in [3.05, 3.63) is 69.3 Å². The Hall–Kier alpha value is -2.26. The van der Waals surface area contributed by atoms with Crippen LogP contribution in [0.4, 0.5) is 0 Å². The normalized spacial score (nSPS) is 12.9. The summed E-state index contributed by atoms with van der Waals surface area (Å²) in [5.41, 5.74) is 2.12. The van der Waals surface area contributed by atoms with Gasteiger partial charge in [0, 0.05) is 5.41 Å². The molecule has 190 valence electrons. The lowest BCUT2D eigenvalue weighted by Crippen LogP contribution is -2.25. The molecule has 0 heterocycles. The first-order chi connectivity index (χ1) is 16.4. The van der Waals surface area contributed by atoms with E-state index in [0.717, 1.165) is 17.4 Å². The van der Waals surface area contributed by atoms with Crippen LogP contribution in [0.2, 0.25) is 10.0 Å². The molecule has 0 bridgehead atoms. The molecule has 0 aliphatic heterocycles. The first-order valence-electron chi connectivity index (χ1n) is 10.5. The number of hydrogen-bond acceptors (Lipinski definition) is 4. The fraction of sp³-hybridized carbons (Fsp3) is 0.333. The highest BCUT2D eigenvalue weighted by atomic mass is 35.5. The van der Waals surface area contributed by atoms with Gasteiger partial charge in [0.1, 0.15) is 19.0 Å². The van der Waals surface area contributed by atoms with Crippen LogP contribution in [0.25, 0.3) is 0 Å². The third-order valence-corrected chi connectivity index (χ3v) is 6.26. The first kappa shape index (κ1) is 29.0. The van der Waals surface area contributed by atoms with E-state index in [2.05, 4.69) is 35.3 Å². The monoisotopic (exact) mass is 559 g/mol. The lowest BCUT2D eigenvalue weighted by Gasteiger charge is -2.27. The molecular formula is C24H28Cl3N3O4S. The summed E-state index contributed by atoms with van der Waals surface area (Å²) in [4.78, 5) is 3.60. The predicted molar refractivity (Wildman–Crippen MR) is 145 cm³/mol. The van der Waals surface area contributed by atoms with Crippen molar-refractivity contribution >= 4 is 57.5 Å². The molecule has 11 heteroatoms. The van der Waals surface area contributed by atoms with Gasteiger partial charge in [0.05, 0.1) is 27.9 Å². The standard InChI is InChI=1S/C24H28Cl3N3O4S/c1-6-18(29-23(28-4)30-35(5,31)32)15-34-19-9-7-16(8-10-19)24(2,3)17-13-20(26)22(21(27)14-17)33-12-11-25/h6-10,13-14H,4,11-12,15H2,1-3,5H3,(H,29,30)/b18-6-. The van der Waals surface area contributed by atoms with Gasteiger partial charge in [-0.05, 0) is 49.0 Å². The maximum Gasteiger partial charge on any atom is 0.253 e. The molecule has 1 N–H and O–H groups in total. The van der Waals surface area contributed by atoms with Crippen LogP contribution in [0, 0.1) is 0 Å². The van der Waals surface area contributed by atoms with E-state index in [1.165, 1.54) is 0 Å². The summed E-state index contributed by atoms with van der Waals surface area (Å²) in [6.45, 7) is 9.70. The number of ether oxygens (including phenoxy) is 2. The van der Waals surface area contributed by atoms with Gasteiger partial charge in [0.15, 0.2) is 5.75 Å². The van der Waals surface area contributed by atoms with Gasteiger partial charge in [-0.2, -0.15) is 0 Å². The van der Waals surface area contributed by atoms with Crippen LogP contribution in [0.3, 0.4) is 0 Å². The molecule has 0 fully saturated rings. The second-order valence-corrected chi connectivity index (χ2v) is 10.8. The number of rotatable bonds is 10. The van der Waals surface area contributed by atoms with Gasteiger partial charge in [0.25, 0.3) is 10.0 Å². The third-order valence-electron chi connectivity index (χ3n) is 5.04. The number of alkyl halides is 1. The van der Waals surface area contributed by atoms with Gasteiger partial charge in [0.2, 0.25) is 5.96 Å². The zero-order chi connectivity index (χ0) is 26.2. The number of hydrogen-bond donors (Lipinski definition) is 1. The van der Waals surface area contributed by atoms with E-state index < -0.39 is 15.4 Å². The number of nitrogens with zero attached hydrogens (tertiary/aromatic N) is 2. The zero-order valence-electron chi connectivity index (χ0n) is 19.9. The van der Waals surface area contributed by atoms with Gasteiger partial charge in [-0.1, -0.05) is 55.3 Å². The Kier molecular flexibility index (Phi) is 10.5. The fourth-order valence-corrected chi connectivity index (χ4v) is 4.17. The van der Waals surface area contributed by atoms with E-state index in [1.54, 1.807) is 13.0 Å². The van der Waals surface area contributed by atoms with Crippen LogP contribution in [0.1, 0.15) is 31.9 Å². The summed E-state index contributed by atoms with van der Waals surface area (Å²) >= 11 is 18.5. The van der Waals surface area contributed by atoms with E-state index in [1.807, 2.05) is 36.4 Å². The number of halogens is 3. The number of aliphatic imine (C=N–C) groups is 1. The number of guanidine groups is 1. The molecule has 2 rings (SSSR count). The minimum absolute atomic E-state index is 0.127. The van der Waals surface area contributed by atoms with Crippen LogP contribution in [0.5, 0.6) is 11.5 Å². The quantitative estimate of drug-likeness (QED) is 0.224. The first-order valence-corrected chi connectivity index (χ1v) is 13.7. The third kappa shape index (κ3) is 8.42. The van der Waals surface area contributed by atoms with Crippen LogP contribution in [0.15, 0.2) is 57.6 Å². The summed E-state index contributed by atoms with van der Waals surface area (Å²) in [7, 11) is -3.62. The van der Waals surface area contributed by atoms with Gasteiger partial charge >= 0.3 is 0 Å². The van der Waals surface area contributed by atoms with E-state index >= 15 is 0 Å². The summed E-state index contributed by atoms with van der Waals surface area (Å²) in [6, 6.07) is 11.3. The Bertz CT molecular complexity index is 1190. The zero-order valence-corrected chi connectivity index (χ0v) is 23.0. The molecule has 35 heavy (non-hydrogen) atoms. The van der Waals surface area contributed by atoms with Crippen molar-refractivity contribution in [3.63, 3.8) is 0 Å². The van der Waals surface area contributed by atoms with Crippen molar-refractivity contribution < 1.29 is 17.9 Å². The second-order valence-electron chi connectivity index (χ2n) is 7.99. The van der Waals surface area contributed by atoms with Gasteiger partial charge in [-0.3, -0.25) is 0 Å². The number of benzene rings is 2. The molecule has 0 spiro atoms. The molecule has 0 aliphatic carbocycles. The smallest absolute Gasteiger partial charge is 0.253 e. The largest absolute Gasteiger partial charge is 0.489 e. The molecule has 0 atom stereocenters. The highest BCUT2D eigenvalue weighted by Gasteiger charge is 2.25. The molecule has 0 aromatic heterocycles. The van der Waals surface area contributed by atoms with Crippen molar-refractivity contribution in [2.75, 3.05) is 25.3 Å². The van der Waals surface area contributed by atoms with Gasteiger partial charge < -0.3 is 14.8 Å². The molecule has 0 unspecified atom stereocenters. The molecule has 0 saturated carbocycles. The molecule has 0 saturated heterocycles. The van der Waals surface area contributed by atoms with Crippen LogP contribution in [-0.4, -0.2) is 46.4 Å². The molecule has 0 aliphatic rings. The number of sulfonamides is 1. The lowest BCUT2D eigenvalue weighted by molar-refractivity contribution is 0.343. The molecule has 0 radical (unpaired) electrons. The predicted octanol–water partition coefficient (Wildman–Crippen LogP) is 5.83. The average molecular weight is 561 g/mol. The van der Waals surface area contributed by atoms with Crippen molar-refractivity contribution in [1.82, 2.24) is 5.32 Å². The summed E-state index contributed by atoms with van der Waals surface area (Å²) in [6.07, 6.45) is 2.70. The number of allylic oxidation sites excluding steroid dienone is 1. The Morgan fingerprint density at radius 2 is 1.71 bits per heavy atom. The van der Waals surface area contributed by atoms with Gasteiger partial charge in [-0.15, -0.1) is 16.0 Å². The molecular weight excluding hydrogens is 533 g/mol. The van der Waals surface area contributed by atoms with Crippen molar-refractivity contribution in [2.24, 2.45) is 9.39 Å². The Labute approximate surface area is 221 Å². The Morgan fingerprint density at radius 3 is 2.20 bits per heavy atom. The number of nitrogens with one attached hydrogen (secondary N) is 1. The summed E-state index contributed by atoms with van der Waals surface area (Å²) in [5.74, 6) is 1.25. The van der Waals surface area contributed by atoms with Crippen molar-refractivity contribution in [1.29, 1.82) is 0 Å². The minimum atomic E-state index is -3.62. The molecule has 0 amide bonds.